The van der Waals surface area contributed by atoms with Crippen LogP contribution in [0, 0.1) is 0 Å². The van der Waals surface area contributed by atoms with Gasteiger partial charge in [-0.2, -0.15) is 0 Å². The van der Waals surface area contributed by atoms with Crippen LogP contribution in [0.1, 0.15) is 51.0 Å². The van der Waals surface area contributed by atoms with Gasteiger partial charge >= 0.3 is 0 Å². The predicted molar refractivity (Wildman–Crippen MR) is 126 cm³/mol. The summed E-state index contributed by atoms with van der Waals surface area (Å²) in [5, 5.41) is 2.86. The van der Waals surface area contributed by atoms with Crippen molar-refractivity contribution in [3.8, 4) is 0 Å². The van der Waals surface area contributed by atoms with Crippen LogP contribution < -0.4 is 11.1 Å². The number of carbonyl (C=O) groups excluding carboxylic acids is 1. The molecule has 6 nitrogen and oxygen atoms in total. The van der Waals surface area contributed by atoms with Gasteiger partial charge in [-0.05, 0) is 54.8 Å². The SMILES string of the molecule is CCCCCC1OC1CC=CCC(=O)NCc1ccc(S(=O)(=O)c2ccc(N)cc2)cc1. The van der Waals surface area contributed by atoms with Crippen molar-refractivity contribution < 1.29 is 17.9 Å². The van der Waals surface area contributed by atoms with E-state index < -0.39 is 9.84 Å². The number of nitrogen functional groups attached to an aromatic ring is 1. The Kier molecular flexibility index (Phi) is 8.47. The maximum absolute atomic E-state index is 12.7. The molecule has 1 aliphatic heterocycles. The zero-order valence-corrected chi connectivity index (χ0v) is 19.3. The van der Waals surface area contributed by atoms with Crippen molar-refractivity contribution in [2.45, 2.75) is 74.0 Å². The largest absolute Gasteiger partial charge is 0.399 e. The molecule has 1 heterocycles. The highest BCUT2D eigenvalue weighted by Gasteiger charge is 2.36. The number of epoxide rings is 1. The lowest BCUT2D eigenvalue weighted by molar-refractivity contribution is -0.120. The summed E-state index contributed by atoms with van der Waals surface area (Å²) in [5.41, 5.74) is 6.97. The first-order valence-electron chi connectivity index (χ1n) is 11.2. The van der Waals surface area contributed by atoms with Crippen molar-refractivity contribution in [1.29, 1.82) is 0 Å². The minimum atomic E-state index is -3.59. The highest BCUT2D eigenvalue weighted by atomic mass is 32.2. The van der Waals surface area contributed by atoms with E-state index in [1.165, 1.54) is 31.4 Å². The van der Waals surface area contributed by atoms with Crippen molar-refractivity contribution >= 4 is 21.4 Å². The lowest BCUT2D eigenvalue weighted by atomic mass is 10.1. The molecule has 0 saturated carbocycles. The van der Waals surface area contributed by atoms with Gasteiger partial charge in [0.15, 0.2) is 0 Å². The topological polar surface area (TPSA) is 102 Å². The number of hydrogen-bond donors (Lipinski definition) is 2. The van der Waals surface area contributed by atoms with Crippen molar-refractivity contribution in [2.24, 2.45) is 0 Å². The van der Waals surface area contributed by atoms with Gasteiger partial charge in [0.25, 0.3) is 0 Å². The molecule has 7 heteroatoms. The maximum atomic E-state index is 12.7. The highest BCUT2D eigenvalue weighted by Crippen LogP contribution is 2.30. The molecule has 32 heavy (non-hydrogen) atoms. The second kappa shape index (κ2) is 11.3. The summed E-state index contributed by atoms with van der Waals surface area (Å²) in [7, 11) is -3.59. The molecule has 0 spiro atoms. The van der Waals surface area contributed by atoms with Crippen molar-refractivity contribution in [3.05, 3.63) is 66.2 Å². The molecule has 0 radical (unpaired) electrons. The van der Waals surface area contributed by atoms with E-state index in [-0.39, 0.29) is 15.7 Å². The number of rotatable bonds is 12. The van der Waals surface area contributed by atoms with Crippen LogP contribution in [0.3, 0.4) is 0 Å². The molecule has 2 unspecified atom stereocenters. The smallest absolute Gasteiger partial charge is 0.224 e. The summed E-state index contributed by atoms with van der Waals surface area (Å²) in [6.07, 6.45) is 10.6. The molecule has 2 aromatic rings. The number of nitrogens with one attached hydrogen (secondary N) is 1. The molecule has 2 aromatic carbocycles. The van der Waals surface area contributed by atoms with Crippen molar-refractivity contribution in [3.63, 3.8) is 0 Å². The second-order valence-electron chi connectivity index (χ2n) is 8.11. The van der Waals surface area contributed by atoms with Gasteiger partial charge in [0, 0.05) is 18.7 Å². The van der Waals surface area contributed by atoms with Gasteiger partial charge in [0.2, 0.25) is 15.7 Å². The van der Waals surface area contributed by atoms with E-state index in [0.29, 0.717) is 30.9 Å². The fraction of sp³-hybridized carbons (Fsp3) is 0.400. The zero-order chi connectivity index (χ0) is 23.0. The number of nitrogens with two attached hydrogens (primary N) is 1. The van der Waals surface area contributed by atoms with Gasteiger partial charge in [-0.25, -0.2) is 8.42 Å². The number of anilines is 1. The Balaban J connectivity index is 1.39. The molecule has 1 saturated heterocycles. The molecule has 0 aliphatic carbocycles. The maximum Gasteiger partial charge on any atom is 0.224 e. The van der Waals surface area contributed by atoms with E-state index in [4.69, 9.17) is 10.5 Å². The molecule has 0 bridgehead atoms. The highest BCUT2D eigenvalue weighted by molar-refractivity contribution is 7.91. The quantitative estimate of drug-likeness (QED) is 0.213. The Labute approximate surface area is 190 Å². The third-order valence-electron chi connectivity index (χ3n) is 5.53. The van der Waals surface area contributed by atoms with Crippen molar-refractivity contribution in [2.75, 3.05) is 5.73 Å². The van der Waals surface area contributed by atoms with Crippen LogP contribution in [-0.4, -0.2) is 26.5 Å². The molecule has 2 atom stereocenters. The lowest BCUT2D eigenvalue weighted by Gasteiger charge is -2.07. The van der Waals surface area contributed by atoms with Gasteiger partial charge in [-0.15, -0.1) is 0 Å². The minimum Gasteiger partial charge on any atom is -0.399 e. The molecule has 3 rings (SSSR count). The summed E-state index contributed by atoms with van der Waals surface area (Å²) in [6, 6.07) is 12.7. The fourth-order valence-corrected chi connectivity index (χ4v) is 4.76. The molecule has 1 aliphatic rings. The average Bonchev–Trinajstić information content (AvgIpc) is 3.54. The first kappa shape index (κ1) is 24.0. The van der Waals surface area contributed by atoms with Crippen LogP contribution >= 0.6 is 0 Å². The number of unbranched alkanes of at least 4 members (excludes halogenated alkanes) is 2. The van der Waals surface area contributed by atoms with Crippen molar-refractivity contribution in [1.82, 2.24) is 5.32 Å². The van der Waals surface area contributed by atoms with Crippen LogP contribution in [0.2, 0.25) is 0 Å². The van der Waals surface area contributed by atoms with Crippen LogP contribution in [-0.2, 0) is 25.9 Å². The predicted octanol–water partition coefficient (Wildman–Crippen LogP) is 4.40. The first-order chi connectivity index (χ1) is 15.4. The van der Waals surface area contributed by atoms with Gasteiger partial charge in [0.05, 0.1) is 22.0 Å². The Bertz CT molecular complexity index is 1010. The van der Waals surface area contributed by atoms with E-state index in [1.54, 1.807) is 36.4 Å². The first-order valence-corrected chi connectivity index (χ1v) is 12.6. The lowest BCUT2D eigenvalue weighted by Crippen LogP contribution is -2.21. The zero-order valence-electron chi connectivity index (χ0n) is 18.5. The summed E-state index contributed by atoms with van der Waals surface area (Å²) in [5.74, 6) is -0.0731. The van der Waals surface area contributed by atoms with E-state index in [2.05, 4.69) is 12.2 Å². The Morgan fingerprint density at radius 2 is 1.66 bits per heavy atom. The molecule has 1 fully saturated rings. The summed E-state index contributed by atoms with van der Waals surface area (Å²) >= 11 is 0. The van der Waals surface area contributed by atoms with Crippen LogP contribution in [0.5, 0.6) is 0 Å². The van der Waals surface area contributed by atoms with Gasteiger partial charge in [-0.3, -0.25) is 4.79 Å². The summed E-state index contributed by atoms with van der Waals surface area (Å²) in [4.78, 5) is 12.5. The third-order valence-corrected chi connectivity index (χ3v) is 7.32. The van der Waals surface area contributed by atoms with Crippen LogP contribution in [0.4, 0.5) is 5.69 Å². The minimum absolute atomic E-state index is 0.0731. The Morgan fingerprint density at radius 3 is 2.31 bits per heavy atom. The van der Waals surface area contributed by atoms with Gasteiger partial charge in [0.1, 0.15) is 0 Å². The molecule has 3 N–H and O–H groups in total. The number of benzene rings is 2. The third kappa shape index (κ3) is 6.93. The molecule has 172 valence electrons. The average molecular weight is 457 g/mol. The van der Waals surface area contributed by atoms with E-state index in [1.807, 2.05) is 12.2 Å². The monoisotopic (exact) mass is 456 g/mol. The molecular weight excluding hydrogens is 424 g/mol. The standard InChI is InChI=1S/C25H32N2O4S/c1-2-3-4-7-23-24(31-23)8-5-6-9-25(28)27-18-19-10-14-21(15-11-19)32(29,30)22-16-12-20(26)13-17-22/h5-6,10-17,23-24H,2-4,7-9,18,26H2,1H3,(H,27,28). The molecule has 1 amide bonds. The van der Waals surface area contributed by atoms with E-state index in [9.17, 15) is 13.2 Å². The summed E-state index contributed by atoms with van der Waals surface area (Å²) in [6.45, 7) is 2.54. The van der Waals surface area contributed by atoms with Crippen LogP contribution in [0.25, 0.3) is 0 Å². The molecule has 0 aromatic heterocycles. The second-order valence-corrected chi connectivity index (χ2v) is 10.1. The number of amides is 1. The molecular formula is C25H32N2O4S. The number of carbonyl (C=O) groups is 1. The Morgan fingerprint density at radius 1 is 1.00 bits per heavy atom. The number of sulfone groups is 1. The Hall–Kier alpha value is -2.64. The van der Waals surface area contributed by atoms with Gasteiger partial charge in [-0.1, -0.05) is 50.5 Å². The fourth-order valence-electron chi connectivity index (χ4n) is 3.50. The number of ether oxygens (including phenoxy) is 1. The number of hydrogen-bond acceptors (Lipinski definition) is 5. The van der Waals surface area contributed by atoms with Gasteiger partial charge < -0.3 is 15.8 Å². The summed E-state index contributed by atoms with van der Waals surface area (Å²) < 4.78 is 31.0. The van der Waals surface area contributed by atoms with E-state index >= 15 is 0 Å². The van der Waals surface area contributed by atoms with Crippen LogP contribution in [0.15, 0.2) is 70.5 Å². The normalized spacial score (nSPS) is 18.0. The van der Waals surface area contributed by atoms with E-state index in [0.717, 1.165) is 18.4 Å².